The molecule has 10 heteroatoms. The number of benzene rings is 8. The quantitative estimate of drug-likeness (QED) is 0.119. The number of hydrogen-bond acceptors (Lipinski definition) is 10. The van der Waals surface area contributed by atoms with Gasteiger partial charge in [-0.15, -0.1) is 0 Å². The predicted octanol–water partition coefficient (Wildman–Crippen LogP) is 20.0. The number of aromatic hydroxyl groups is 4. The normalized spacial score (nSPS) is 18.3. The van der Waals surface area contributed by atoms with Gasteiger partial charge in [0.15, 0.2) is 0 Å². The van der Waals surface area contributed by atoms with Gasteiger partial charge < -0.3 is 29.9 Å². The van der Waals surface area contributed by atoms with Gasteiger partial charge in [0.2, 0.25) is 0 Å². The lowest BCUT2D eigenvalue weighted by Crippen LogP contribution is -2.27. The number of nitrogens with zero attached hydrogens (tertiary/aromatic N) is 4. The van der Waals surface area contributed by atoms with Crippen LogP contribution in [-0.2, 0) is 21.7 Å². The molecule has 8 aromatic carbocycles. The first-order chi connectivity index (χ1) is 42.7. The van der Waals surface area contributed by atoms with Crippen molar-refractivity contribution in [2.24, 2.45) is 20.0 Å². The van der Waals surface area contributed by atoms with Gasteiger partial charge in [-0.2, -0.15) is 0 Å². The Morgan fingerprint density at radius 3 is 0.644 bits per heavy atom. The van der Waals surface area contributed by atoms with E-state index in [1.807, 2.05) is 146 Å². The van der Waals surface area contributed by atoms with Crippen molar-refractivity contribution in [1.82, 2.24) is 0 Å². The molecule has 0 radical (unpaired) electrons. The van der Waals surface area contributed by atoms with Gasteiger partial charge in [0.25, 0.3) is 0 Å². The standard InChI is InChI=1S/C80H88N4O6/c1-77(2,3)65-41-53-37-57(73(65)85)45-81-69-17-13-14-18-70(69)82-46-58-38-54(42-66(74(58)86)78(4,5)6)51-25-33-63(34-26-51)90-64-35-27-52(28-36-64)56-40-60(76(88)68(44-56)80(10,11)12)48-84-72-20-16-15-19-71(72)83-47-59-39-55(43-67(75(59)87)79(7,8)9)50-23-31-62(32-24-50)89-61-29-21-49(53)22-30-61/h21-48,69-72,85-88H,13-20H2,1-12H3. The highest BCUT2D eigenvalue weighted by atomic mass is 16.5. The van der Waals surface area contributed by atoms with Crippen molar-refractivity contribution < 1.29 is 29.9 Å². The Hall–Kier alpha value is -8.76. The summed E-state index contributed by atoms with van der Waals surface area (Å²) in [6.07, 6.45) is 14.8. The molecule has 7 aliphatic heterocycles. The largest absolute Gasteiger partial charge is 0.507 e. The third-order valence-electron chi connectivity index (χ3n) is 18.0. The monoisotopic (exact) mass is 1200 g/mol. The van der Waals surface area contributed by atoms with Gasteiger partial charge in [0.05, 0.1) is 24.2 Å². The highest BCUT2D eigenvalue weighted by Crippen LogP contribution is 2.43. The van der Waals surface area contributed by atoms with Crippen LogP contribution in [0.5, 0.6) is 46.0 Å². The van der Waals surface area contributed by atoms with Crippen molar-refractivity contribution in [1.29, 1.82) is 0 Å². The van der Waals surface area contributed by atoms with E-state index in [2.05, 4.69) is 107 Å². The maximum Gasteiger partial charge on any atom is 0.128 e. The van der Waals surface area contributed by atoms with Crippen LogP contribution >= 0.6 is 0 Å². The molecule has 0 spiro atoms. The lowest BCUT2D eigenvalue weighted by Gasteiger charge is -2.26. The van der Waals surface area contributed by atoms with E-state index >= 15 is 0 Å². The maximum absolute atomic E-state index is 11.9. The lowest BCUT2D eigenvalue weighted by atomic mass is 9.83. The maximum atomic E-state index is 11.9. The Bertz CT molecular complexity index is 3510. The van der Waals surface area contributed by atoms with Crippen LogP contribution in [0.25, 0.3) is 44.5 Å². The van der Waals surface area contributed by atoms with Gasteiger partial charge >= 0.3 is 0 Å². The van der Waals surface area contributed by atoms with Gasteiger partial charge in [-0.05, 0) is 189 Å². The molecular weight excluding hydrogens is 1110 g/mol. The number of ether oxygens (including phenoxy) is 2. The molecule has 7 heterocycles. The zero-order valence-electron chi connectivity index (χ0n) is 54.5. The van der Waals surface area contributed by atoms with Crippen LogP contribution < -0.4 is 9.47 Å². The van der Waals surface area contributed by atoms with E-state index in [1.165, 1.54) is 0 Å². The van der Waals surface area contributed by atoms with E-state index in [4.69, 9.17) is 29.4 Å². The minimum Gasteiger partial charge on any atom is -0.507 e. The second kappa shape index (κ2) is 25.3. The molecular formula is C80H88N4O6. The topological polar surface area (TPSA) is 149 Å². The second-order valence-corrected chi connectivity index (χ2v) is 29.1. The van der Waals surface area contributed by atoms with Crippen molar-refractivity contribution in [3.05, 3.63) is 190 Å². The molecule has 8 aromatic rings. The van der Waals surface area contributed by atoms with E-state index in [9.17, 15) is 20.4 Å². The van der Waals surface area contributed by atoms with Crippen LogP contribution in [-0.4, -0.2) is 69.5 Å². The molecule has 0 saturated heterocycles. The van der Waals surface area contributed by atoms with E-state index < -0.39 is 0 Å². The number of rotatable bonds is 0. The molecule has 10 nitrogen and oxygen atoms in total. The molecule has 2 saturated carbocycles. The number of hydrogen-bond donors (Lipinski definition) is 4. The summed E-state index contributed by atoms with van der Waals surface area (Å²) in [5.74, 6) is 3.60. The van der Waals surface area contributed by atoms with E-state index in [1.54, 1.807) is 0 Å². The van der Waals surface area contributed by atoms with Crippen molar-refractivity contribution in [2.75, 3.05) is 0 Å². The summed E-state index contributed by atoms with van der Waals surface area (Å²) in [6, 6.07) is 48.0. The molecule has 0 aromatic heterocycles. The molecule has 0 amide bonds. The molecule has 17 rings (SSSR count). The lowest BCUT2D eigenvalue weighted by molar-refractivity contribution is 0.390. The van der Waals surface area contributed by atoms with E-state index in [0.29, 0.717) is 45.3 Å². The van der Waals surface area contributed by atoms with Crippen LogP contribution in [0.3, 0.4) is 0 Å². The van der Waals surface area contributed by atoms with E-state index in [0.717, 1.165) is 118 Å². The molecule has 464 valence electrons. The average molecular weight is 1200 g/mol. The molecule has 9 aliphatic rings. The van der Waals surface area contributed by atoms with Gasteiger partial charge in [0.1, 0.15) is 46.0 Å². The summed E-state index contributed by atoms with van der Waals surface area (Å²) in [4.78, 5) is 20.8. The molecule has 4 atom stereocenters. The first-order valence-electron chi connectivity index (χ1n) is 32.1. The number of aliphatic imine (C=N–C) groups is 4. The van der Waals surface area contributed by atoms with Gasteiger partial charge in [-0.25, -0.2) is 0 Å². The third-order valence-corrected chi connectivity index (χ3v) is 18.0. The molecule has 4 unspecified atom stereocenters. The zero-order valence-corrected chi connectivity index (χ0v) is 54.5. The predicted molar refractivity (Wildman–Crippen MR) is 372 cm³/mol. The smallest absolute Gasteiger partial charge is 0.128 e. The average Bonchev–Trinajstić information content (AvgIpc) is 1.01. The zero-order chi connectivity index (χ0) is 63.9. The Labute approximate surface area is 532 Å². The minimum atomic E-state index is -0.359. The molecule has 90 heavy (non-hydrogen) atoms. The van der Waals surface area contributed by atoms with E-state index in [-0.39, 0.29) is 68.8 Å². The molecule has 4 N–H and O–H groups in total. The Kier molecular flexibility index (Phi) is 17.6. The Morgan fingerprint density at radius 2 is 0.467 bits per heavy atom. The Morgan fingerprint density at radius 1 is 0.278 bits per heavy atom. The summed E-state index contributed by atoms with van der Waals surface area (Å²) in [6.45, 7) is 25.3. The first kappa shape index (κ1) is 62.8. The van der Waals surface area contributed by atoms with Crippen LogP contribution in [0.2, 0.25) is 0 Å². The van der Waals surface area contributed by atoms with Crippen LogP contribution in [0.4, 0.5) is 0 Å². The van der Waals surface area contributed by atoms with Crippen molar-refractivity contribution >= 4 is 24.9 Å². The summed E-state index contributed by atoms with van der Waals surface area (Å²) in [7, 11) is 0. The fraction of sp³-hybridized carbons (Fsp3) is 0.350. The third kappa shape index (κ3) is 14.1. The summed E-state index contributed by atoms with van der Waals surface area (Å²) in [5, 5.41) is 47.6. The first-order valence-corrected chi connectivity index (χ1v) is 32.1. The Balaban J connectivity index is 0.973. The van der Waals surface area contributed by atoms with Crippen LogP contribution in [0.1, 0.15) is 179 Å². The fourth-order valence-electron chi connectivity index (χ4n) is 12.7. The fourth-order valence-corrected chi connectivity index (χ4v) is 12.7. The highest BCUT2D eigenvalue weighted by Gasteiger charge is 2.30. The van der Waals surface area contributed by atoms with Gasteiger partial charge in [0, 0.05) is 69.4 Å². The van der Waals surface area contributed by atoms with Crippen LogP contribution in [0, 0.1) is 0 Å². The number of phenols is 4. The molecule has 2 aliphatic carbocycles. The van der Waals surface area contributed by atoms with Gasteiger partial charge in [-0.3, -0.25) is 20.0 Å². The van der Waals surface area contributed by atoms with Gasteiger partial charge in [-0.1, -0.05) is 157 Å². The summed E-state index contributed by atoms with van der Waals surface area (Å²) < 4.78 is 12.9. The van der Waals surface area contributed by atoms with Crippen molar-refractivity contribution in [3.8, 4) is 90.5 Å². The molecule has 16 bridgehead atoms. The van der Waals surface area contributed by atoms with Crippen molar-refractivity contribution in [2.45, 2.75) is 180 Å². The molecule has 2 fully saturated rings. The number of phenolic OH excluding ortho intramolecular Hbond substituents is 4. The summed E-state index contributed by atoms with van der Waals surface area (Å²) in [5.41, 5.74) is 12.2. The highest BCUT2D eigenvalue weighted by molar-refractivity contribution is 5.91. The summed E-state index contributed by atoms with van der Waals surface area (Å²) >= 11 is 0. The van der Waals surface area contributed by atoms with Crippen LogP contribution in [0.15, 0.2) is 166 Å². The minimum absolute atomic E-state index is 0.123. The van der Waals surface area contributed by atoms with Crippen molar-refractivity contribution in [3.63, 3.8) is 0 Å². The second-order valence-electron chi connectivity index (χ2n) is 29.1. The SMILES string of the molecule is CC(C)(C)c1cc2cc(c1O)C=NC1CCCCC1N=Cc1cc(cc(C(C)(C)C)c1O)-c1ccc(cc1)Oc1ccc(cc1)-c1cc(c(O)c(C(C)(C)C)c1)C=NC1CCCCC1N=Cc1cc(cc(C(C)(C)C)c1O)-c1ccc(cc1)Oc1ccc-2cc1.